The molecule has 21 heavy (non-hydrogen) atoms. The van der Waals surface area contributed by atoms with Gasteiger partial charge < -0.3 is 10.1 Å². The maximum absolute atomic E-state index is 12.1. The lowest BCUT2D eigenvalue weighted by Crippen LogP contribution is -2.17. The van der Waals surface area contributed by atoms with Gasteiger partial charge in [-0.05, 0) is 30.7 Å². The topological polar surface area (TPSA) is 38.3 Å². The number of carbonyl (C=O) groups excluding carboxylic acids is 1. The molecule has 1 aliphatic rings. The molecule has 0 bridgehead atoms. The van der Waals surface area contributed by atoms with E-state index in [1.165, 1.54) is 0 Å². The van der Waals surface area contributed by atoms with Gasteiger partial charge in [0.2, 0.25) is 5.91 Å². The van der Waals surface area contributed by atoms with Crippen molar-refractivity contribution >= 4 is 34.8 Å². The van der Waals surface area contributed by atoms with Crippen molar-refractivity contribution in [3.63, 3.8) is 0 Å². The Kier molecular flexibility index (Phi) is 3.79. The third-order valence-corrected chi connectivity index (χ3v) is 4.09. The van der Waals surface area contributed by atoms with Gasteiger partial charge in [-0.1, -0.05) is 30.3 Å². The fraction of sp³-hybridized carbons (Fsp3) is 0.188. The van der Waals surface area contributed by atoms with E-state index in [4.69, 9.17) is 27.9 Å². The number of amides is 1. The summed E-state index contributed by atoms with van der Waals surface area (Å²) < 4.78 is 4.85. The van der Waals surface area contributed by atoms with Gasteiger partial charge in [0.15, 0.2) is 5.75 Å². The Morgan fingerprint density at radius 3 is 2.38 bits per heavy atom. The third kappa shape index (κ3) is 3.31. The lowest BCUT2D eigenvalue weighted by Gasteiger charge is -2.12. The second-order valence-electron chi connectivity index (χ2n) is 4.92. The quantitative estimate of drug-likeness (QED) is 0.835. The van der Waals surface area contributed by atoms with E-state index in [2.05, 4.69) is 5.32 Å². The Labute approximate surface area is 132 Å². The van der Waals surface area contributed by atoms with E-state index >= 15 is 0 Å². The summed E-state index contributed by atoms with van der Waals surface area (Å²) in [4.78, 5) is 12.1. The van der Waals surface area contributed by atoms with Crippen molar-refractivity contribution in [3.05, 3.63) is 54.6 Å². The molecule has 1 N–H and O–H groups in total. The summed E-state index contributed by atoms with van der Waals surface area (Å²) in [5.74, 6) is 0.719. The highest BCUT2D eigenvalue weighted by atomic mass is 35.5. The summed E-state index contributed by atoms with van der Waals surface area (Å²) in [5.41, 5.74) is 0.599. The summed E-state index contributed by atoms with van der Waals surface area (Å²) in [6.07, 6.45) is 0.476. The summed E-state index contributed by atoms with van der Waals surface area (Å²) >= 11 is 11.8. The number of para-hydroxylation sites is 3. The van der Waals surface area contributed by atoms with Gasteiger partial charge in [0.05, 0.1) is 11.6 Å². The van der Waals surface area contributed by atoms with Crippen LogP contribution in [0.5, 0.6) is 11.5 Å². The first-order valence-corrected chi connectivity index (χ1v) is 7.32. The molecule has 1 atom stereocenters. The average Bonchev–Trinajstić information content (AvgIpc) is 3.11. The number of anilines is 1. The van der Waals surface area contributed by atoms with Crippen LogP contribution >= 0.6 is 23.2 Å². The van der Waals surface area contributed by atoms with Gasteiger partial charge >= 0.3 is 0 Å². The molecule has 0 radical (unpaired) electrons. The average molecular weight is 322 g/mol. The Balaban J connectivity index is 1.75. The molecular formula is C16H13Cl2NO2. The first-order valence-electron chi connectivity index (χ1n) is 6.57. The number of ether oxygens (including phenoxy) is 1. The van der Waals surface area contributed by atoms with Crippen molar-refractivity contribution in [1.82, 2.24) is 0 Å². The molecule has 3 nitrogen and oxygen atoms in total. The Hall–Kier alpha value is -1.71. The first kappa shape index (κ1) is 14.2. The maximum atomic E-state index is 12.1. The zero-order chi connectivity index (χ0) is 14.9. The van der Waals surface area contributed by atoms with Gasteiger partial charge in [-0.15, -0.1) is 23.2 Å². The zero-order valence-electron chi connectivity index (χ0n) is 11.1. The summed E-state index contributed by atoms with van der Waals surface area (Å²) in [7, 11) is 0. The van der Waals surface area contributed by atoms with Crippen LogP contribution in [-0.2, 0) is 4.79 Å². The van der Waals surface area contributed by atoms with Crippen LogP contribution in [0, 0.1) is 5.92 Å². The number of benzene rings is 2. The molecule has 0 heterocycles. The lowest BCUT2D eigenvalue weighted by molar-refractivity contribution is -0.117. The highest BCUT2D eigenvalue weighted by Gasteiger charge is 2.56. The third-order valence-electron chi connectivity index (χ3n) is 3.26. The van der Waals surface area contributed by atoms with Crippen LogP contribution in [0.25, 0.3) is 0 Å². The molecule has 2 aromatic carbocycles. The van der Waals surface area contributed by atoms with Crippen molar-refractivity contribution in [1.29, 1.82) is 0 Å². The molecule has 2 aromatic rings. The van der Waals surface area contributed by atoms with Crippen molar-refractivity contribution in [2.24, 2.45) is 5.92 Å². The molecule has 0 aromatic heterocycles. The van der Waals surface area contributed by atoms with E-state index in [1.807, 2.05) is 42.5 Å². The molecule has 1 fully saturated rings. The standard InChI is InChI=1S/C16H13Cl2NO2/c17-16(18)10-12(16)15(20)19-13-8-4-5-9-14(13)21-11-6-2-1-3-7-11/h1-9,12H,10H2,(H,19,20)/t12-/m0/s1. The van der Waals surface area contributed by atoms with Crippen LogP contribution in [-0.4, -0.2) is 10.2 Å². The number of rotatable bonds is 4. The SMILES string of the molecule is O=C(Nc1ccccc1Oc1ccccc1)[C@@H]1CC1(Cl)Cl. The molecule has 5 heteroatoms. The fourth-order valence-corrected chi connectivity index (χ4v) is 2.50. The van der Waals surface area contributed by atoms with Crippen LogP contribution in [0.15, 0.2) is 54.6 Å². The number of hydrogen-bond acceptors (Lipinski definition) is 2. The summed E-state index contributed by atoms with van der Waals surface area (Å²) in [6, 6.07) is 16.6. The number of halogens is 2. The molecule has 1 saturated carbocycles. The Morgan fingerprint density at radius 2 is 1.71 bits per heavy atom. The molecule has 0 aliphatic heterocycles. The monoisotopic (exact) mass is 321 g/mol. The van der Waals surface area contributed by atoms with Crippen molar-refractivity contribution in [3.8, 4) is 11.5 Å². The van der Waals surface area contributed by atoms with Gasteiger partial charge in [0.1, 0.15) is 10.1 Å². The van der Waals surface area contributed by atoms with E-state index in [0.717, 1.165) is 0 Å². The van der Waals surface area contributed by atoms with E-state index < -0.39 is 4.33 Å². The first-order chi connectivity index (χ1) is 10.1. The van der Waals surface area contributed by atoms with Crippen LogP contribution in [0.1, 0.15) is 6.42 Å². The van der Waals surface area contributed by atoms with E-state index in [1.54, 1.807) is 12.1 Å². The van der Waals surface area contributed by atoms with Gasteiger partial charge in [0, 0.05) is 0 Å². The van der Waals surface area contributed by atoms with Gasteiger partial charge in [-0.25, -0.2) is 0 Å². The van der Waals surface area contributed by atoms with Gasteiger partial charge in [0.25, 0.3) is 0 Å². The van der Waals surface area contributed by atoms with Crippen LogP contribution in [0.3, 0.4) is 0 Å². The molecule has 0 spiro atoms. The Bertz CT molecular complexity index is 658. The lowest BCUT2D eigenvalue weighted by atomic mass is 10.2. The molecule has 108 valence electrons. The molecule has 1 amide bonds. The number of nitrogens with one attached hydrogen (secondary N) is 1. The highest BCUT2D eigenvalue weighted by molar-refractivity contribution is 6.52. The predicted octanol–water partition coefficient (Wildman–Crippen LogP) is 4.61. The van der Waals surface area contributed by atoms with Crippen molar-refractivity contribution in [2.45, 2.75) is 10.8 Å². The number of alkyl halides is 2. The molecular weight excluding hydrogens is 309 g/mol. The van der Waals surface area contributed by atoms with Crippen LogP contribution in [0.4, 0.5) is 5.69 Å². The van der Waals surface area contributed by atoms with E-state index in [0.29, 0.717) is 23.6 Å². The second kappa shape index (κ2) is 5.58. The van der Waals surface area contributed by atoms with Crippen LogP contribution < -0.4 is 10.1 Å². The molecule has 1 aliphatic carbocycles. The van der Waals surface area contributed by atoms with E-state index in [9.17, 15) is 4.79 Å². The van der Waals surface area contributed by atoms with Gasteiger partial charge in [-0.2, -0.15) is 0 Å². The second-order valence-corrected chi connectivity index (χ2v) is 6.46. The maximum Gasteiger partial charge on any atom is 0.230 e. The summed E-state index contributed by atoms with van der Waals surface area (Å²) in [5, 5.41) is 2.82. The van der Waals surface area contributed by atoms with Crippen molar-refractivity contribution in [2.75, 3.05) is 5.32 Å². The van der Waals surface area contributed by atoms with Crippen LogP contribution in [0.2, 0.25) is 0 Å². The largest absolute Gasteiger partial charge is 0.455 e. The fourth-order valence-electron chi connectivity index (χ4n) is 1.99. The number of carbonyl (C=O) groups is 1. The molecule has 0 saturated heterocycles. The molecule has 0 unspecified atom stereocenters. The minimum absolute atomic E-state index is 0.191. The predicted molar refractivity (Wildman–Crippen MR) is 84.1 cm³/mol. The van der Waals surface area contributed by atoms with Crippen molar-refractivity contribution < 1.29 is 9.53 Å². The normalized spacial score (nSPS) is 18.9. The minimum Gasteiger partial charge on any atom is -0.455 e. The Morgan fingerprint density at radius 1 is 1.10 bits per heavy atom. The molecule has 3 rings (SSSR count). The van der Waals surface area contributed by atoms with E-state index in [-0.39, 0.29) is 11.8 Å². The minimum atomic E-state index is -0.931. The zero-order valence-corrected chi connectivity index (χ0v) is 12.6. The number of hydrogen-bond donors (Lipinski definition) is 1. The van der Waals surface area contributed by atoms with Gasteiger partial charge in [-0.3, -0.25) is 4.79 Å². The highest BCUT2D eigenvalue weighted by Crippen LogP contribution is 2.53. The summed E-state index contributed by atoms with van der Waals surface area (Å²) in [6.45, 7) is 0. The smallest absolute Gasteiger partial charge is 0.230 e.